The fourth-order valence-electron chi connectivity index (χ4n) is 3.63. The molecule has 3 rings (SSSR count). The lowest BCUT2D eigenvalue weighted by molar-refractivity contribution is 0.159. The standard InChI is InChI=1S/C19H31N5O/c1-14(2)17-11-19(24-18(20-17)10-15(3)21-24)22(4)12-16-6-7-23(13-16)8-9-25-5/h10-11,14,16H,6-9,12-13H2,1-5H3. The predicted molar refractivity (Wildman–Crippen MR) is 102 cm³/mol. The van der Waals surface area contributed by atoms with E-state index in [0.29, 0.717) is 11.8 Å². The molecular formula is C19H31N5O. The maximum Gasteiger partial charge on any atom is 0.157 e. The summed E-state index contributed by atoms with van der Waals surface area (Å²) in [5.41, 5.74) is 3.08. The molecule has 1 aliphatic heterocycles. The minimum absolute atomic E-state index is 0.406. The Hall–Kier alpha value is -1.66. The van der Waals surface area contributed by atoms with Gasteiger partial charge >= 0.3 is 0 Å². The van der Waals surface area contributed by atoms with Gasteiger partial charge in [0.05, 0.1) is 12.3 Å². The lowest BCUT2D eigenvalue weighted by Crippen LogP contribution is -2.30. The Bertz CT molecular complexity index is 711. The molecule has 0 aliphatic carbocycles. The Morgan fingerprint density at radius 3 is 2.88 bits per heavy atom. The number of fused-ring (bicyclic) bond motifs is 1. The summed E-state index contributed by atoms with van der Waals surface area (Å²) in [5, 5.41) is 4.65. The number of ether oxygens (including phenoxy) is 1. The molecule has 1 aliphatic rings. The third-order valence-corrected chi connectivity index (χ3v) is 5.05. The molecule has 2 aromatic heterocycles. The molecule has 0 spiro atoms. The number of hydrogen-bond donors (Lipinski definition) is 0. The van der Waals surface area contributed by atoms with Crippen LogP contribution < -0.4 is 4.90 Å². The fraction of sp³-hybridized carbons (Fsp3) is 0.684. The van der Waals surface area contributed by atoms with E-state index in [-0.39, 0.29) is 0 Å². The zero-order valence-corrected chi connectivity index (χ0v) is 16.2. The van der Waals surface area contributed by atoms with Crippen LogP contribution in [-0.2, 0) is 4.74 Å². The van der Waals surface area contributed by atoms with Gasteiger partial charge in [-0.15, -0.1) is 0 Å². The average Bonchev–Trinajstić information content (AvgIpc) is 3.16. The molecule has 0 N–H and O–H groups in total. The SMILES string of the molecule is COCCN1CCC(CN(C)c2cc(C(C)C)nc3cc(C)nn23)C1. The van der Waals surface area contributed by atoms with Crippen LogP contribution in [0, 0.1) is 12.8 Å². The average molecular weight is 345 g/mol. The summed E-state index contributed by atoms with van der Waals surface area (Å²) >= 11 is 0. The zero-order chi connectivity index (χ0) is 18.0. The first-order chi connectivity index (χ1) is 12.0. The van der Waals surface area contributed by atoms with E-state index < -0.39 is 0 Å². The van der Waals surface area contributed by atoms with E-state index in [1.807, 2.05) is 11.4 Å². The van der Waals surface area contributed by atoms with E-state index in [1.165, 1.54) is 13.0 Å². The van der Waals surface area contributed by atoms with Gasteiger partial charge in [0.1, 0.15) is 5.82 Å². The summed E-state index contributed by atoms with van der Waals surface area (Å²) in [7, 11) is 3.95. The first-order valence-corrected chi connectivity index (χ1v) is 9.27. The number of likely N-dealkylation sites (tertiary alicyclic amines) is 1. The molecule has 1 unspecified atom stereocenters. The number of methoxy groups -OCH3 is 1. The van der Waals surface area contributed by atoms with Crippen LogP contribution in [0.15, 0.2) is 12.1 Å². The van der Waals surface area contributed by atoms with E-state index in [1.54, 1.807) is 7.11 Å². The fourth-order valence-corrected chi connectivity index (χ4v) is 3.63. The van der Waals surface area contributed by atoms with Gasteiger partial charge in [-0.1, -0.05) is 13.8 Å². The molecule has 138 valence electrons. The van der Waals surface area contributed by atoms with Crippen LogP contribution in [0.1, 0.15) is 37.6 Å². The first kappa shape index (κ1) is 18.1. The number of hydrogen-bond acceptors (Lipinski definition) is 5. The lowest BCUT2D eigenvalue weighted by atomic mass is 10.1. The second-order valence-electron chi connectivity index (χ2n) is 7.58. The minimum Gasteiger partial charge on any atom is -0.383 e. The highest BCUT2D eigenvalue weighted by atomic mass is 16.5. The molecule has 0 radical (unpaired) electrons. The summed E-state index contributed by atoms with van der Waals surface area (Å²) in [6.07, 6.45) is 1.25. The summed E-state index contributed by atoms with van der Waals surface area (Å²) in [4.78, 5) is 9.61. The maximum absolute atomic E-state index is 5.20. The molecule has 2 aromatic rings. The van der Waals surface area contributed by atoms with Gasteiger partial charge in [-0.25, -0.2) is 4.98 Å². The van der Waals surface area contributed by atoms with Gasteiger partial charge in [0.2, 0.25) is 0 Å². The molecule has 1 saturated heterocycles. The van der Waals surface area contributed by atoms with Crippen molar-refractivity contribution in [2.75, 3.05) is 51.8 Å². The molecule has 1 atom stereocenters. The normalized spacial score (nSPS) is 18.6. The van der Waals surface area contributed by atoms with Gasteiger partial charge < -0.3 is 14.5 Å². The largest absolute Gasteiger partial charge is 0.383 e. The van der Waals surface area contributed by atoms with E-state index in [2.05, 4.69) is 47.9 Å². The monoisotopic (exact) mass is 345 g/mol. The number of anilines is 1. The van der Waals surface area contributed by atoms with E-state index in [0.717, 1.165) is 49.1 Å². The Morgan fingerprint density at radius 2 is 2.16 bits per heavy atom. The minimum atomic E-state index is 0.406. The third kappa shape index (κ3) is 4.12. The van der Waals surface area contributed by atoms with E-state index in [9.17, 15) is 0 Å². The topological polar surface area (TPSA) is 45.9 Å². The molecule has 0 bridgehead atoms. The van der Waals surface area contributed by atoms with E-state index in [4.69, 9.17) is 9.72 Å². The quantitative estimate of drug-likeness (QED) is 0.772. The highest BCUT2D eigenvalue weighted by molar-refractivity contribution is 5.52. The van der Waals surface area contributed by atoms with Crippen LogP contribution in [0.4, 0.5) is 5.82 Å². The predicted octanol–water partition coefficient (Wildman–Crippen LogP) is 2.57. The lowest BCUT2D eigenvalue weighted by Gasteiger charge is -2.24. The number of nitrogens with zero attached hydrogens (tertiary/aromatic N) is 5. The van der Waals surface area contributed by atoms with Crippen LogP contribution in [0.5, 0.6) is 0 Å². The van der Waals surface area contributed by atoms with Crippen molar-refractivity contribution in [3.05, 3.63) is 23.5 Å². The van der Waals surface area contributed by atoms with Crippen molar-refractivity contribution in [3.8, 4) is 0 Å². The van der Waals surface area contributed by atoms with Gasteiger partial charge in [0.25, 0.3) is 0 Å². The number of rotatable bonds is 7. The molecule has 0 aromatic carbocycles. The van der Waals surface area contributed by atoms with Gasteiger partial charge in [-0.3, -0.25) is 0 Å². The second kappa shape index (κ2) is 7.70. The van der Waals surface area contributed by atoms with Gasteiger partial charge in [-0.2, -0.15) is 9.61 Å². The van der Waals surface area contributed by atoms with Gasteiger partial charge in [-0.05, 0) is 31.7 Å². The number of aromatic nitrogens is 3. The molecule has 6 heteroatoms. The van der Waals surface area contributed by atoms with Crippen molar-refractivity contribution in [2.45, 2.75) is 33.1 Å². The second-order valence-corrected chi connectivity index (χ2v) is 7.58. The van der Waals surface area contributed by atoms with Crippen LogP contribution in [-0.4, -0.2) is 66.4 Å². The van der Waals surface area contributed by atoms with Crippen molar-refractivity contribution in [1.82, 2.24) is 19.5 Å². The van der Waals surface area contributed by atoms with Crippen molar-refractivity contribution in [2.24, 2.45) is 5.92 Å². The molecule has 6 nitrogen and oxygen atoms in total. The van der Waals surface area contributed by atoms with Gasteiger partial charge in [0, 0.05) is 51.6 Å². The summed E-state index contributed by atoms with van der Waals surface area (Å²) in [6.45, 7) is 11.6. The highest BCUT2D eigenvalue weighted by Crippen LogP contribution is 2.24. The Morgan fingerprint density at radius 1 is 1.36 bits per heavy atom. The third-order valence-electron chi connectivity index (χ3n) is 5.05. The van der Waals surface area contributed by atoms with Crippen molar-refractivity contribution in [3.63, 3.8) is 0 Å². The van der Waals surface area contributed by atoms with Crippen LogP contribution in [0.3, 0.4) is 0 Å². The zero-order valence-electron chi connectivity index (χ0n) is 16.2. The smallest absolute Gasteiger partial charge is 0.157 e. The number of aryl methyl sites for hydroxylation is 1. The Labute approximate surface area is 150 Å². The first-order valence-electron chi connectivity index (χ1n) is 9.27. The van der Waals surface area contributed by atoms with Gasteiger partial charge in [0.15, 0.2) is 5.65 Å². The highest BCUT2D eigenvalue weighted by Gasteiger charge is 2.24. The molecular weight excluding hydrogens is 314 g/mol. The molecule has 1 fully saturated rings. The molecule has 0 saturated carbocycles. The van der Waals surface area contributed by atoms with Crippen molar-refractivity contribution >= 4 is 11.5 Å². The maximum atomic E-state index is 5.20. The Kier molecular flexibility index (Phi) is 5.59. The Balaban J connectivity index is 1.76. The summed E-state index contributed by atoms with van der Waals surface area (Å²) in [6, 6.07) is 4.26. The molecule has 0 amide bonds. The summed E-state index contributed by atoms with van der Waals surface area (Å²) in [5.74, 6) is 2.23. The molecule has 25 heavy (non-hydrogen) atoms. The van der Waals surface area contributed by atoms with Crippen molar-refractivity contribution < 1.29 is 4.74 Å². The van der Waals surface area contributed by atoms with Crippen LogP contribution in [0.25, 0.3) is 5.65 Å². The molecule has 3 heterocycles. The van der Waals surface area contributed by atoms with Crippen LogP contribution in [0.2, 0.25) is 0 Å². The van der Waals surface area contributed by atoms with Crippen molar-refractivity contribution in [1.29, 1.82) is 0 Å². The van der Waals surface area contributed by atoms with E-state index >= 15 is 0 Å². The van der Waals surface area contributed by atoms with Crippen LogP contribution >= 0.6 is 0 Å². The summed E-state index contributed by atoms with van der Waals surface area (Å²) < 4.78 is 7.19.